The van der Waals surface area contributed by atoms with Gasteiger partial charge in [-0.25, -0.2) is 0 Å². The Morgan fingerprint density at radius 1 is 1.36 bits per heavy atom. The molecule has 0 unspecified atom stereocenters. The first-order valence-electron chi connectivity index (χ1n) is 4.08. The highest BCUT2D eigenvalue weighted by atomic mass is 28.3. The number of hydrogen-bond donors (Lipinski definition) is 0. The van der Waals surface area contributed by atoms with E-state index < -0.39 is 8.07 Å². The van der Waals surface area contributed by atoms with Crippen molar-refractivity contribution in [2.75, 3.05) is 0 Å². The first-order valence-corrected chi connectivity index (χ1v) is 7.66. The van der Waals surface area contributed by atoms with Gasteiger partial charge in [0, 0.05) is 6.42 Å². The van der Waals surface area contributed by atoms with Crippen LogP contribution >= 0.6 is 0 Å². The van der Waals surface area contributed by atoms with Gasteiger partial charge in [0.1, 0.15) is 6.29 Å². The van der Waals surface area contributed by atoms with Gasteiger partial charge in [0.25, 0.3) is 0 Å². The van der Waals surface area contributed by atoms with Crippen molar-refractivity contribution in [2.45, 2.75) is 38.5 Å². The van der Waals surface area contributed by atoms with Crippen molar-refractivity contribution in [2.24, 2.45) is 0 Å². The number of carbonyl (C=O) groups is 1. The molecule has 0 radical (unpaired) electrons. The van der Waals surface area contributed by atoms with E-state index in [4.69, 9.17) is 0 Å². The van der Waals surface area contributed by atoms with Gasteiger partial charge in [0.05, 0.1) is 8.07 Å². The Bertz CT molecular complexity index is 144. The minimum absolute atomic E-state index is 0.519. The van der Waals surface area contributed by atoms with Crippen molar-refractivity contribution in [1.29, 1.82) is 0 Å². The second-order valence-electron chi connectivity index (χ2n) is 3.90. The molecule has 0 aromatic carbocycles. The molecule has 0 aromatic heterocycles. The number of allylic oxidation sites excluding steroid dienone is 2. The molecule has 0 aliphatic carbocycles. The van der Waals surface area contributed by atoms with Crippen LogP contribution in [0.4, 0.5) is 0 Å². The summed E-state index contributed by atoms with van der Waals surface area (Å²) >= 11 is 0. The summed E-state index contributed by atoms with van der Waals surface area (Å²) in [4.78, 5) is 10.3. The third-order valence-corrected chi connectivity index (χ3v) is 4.54. The first kappa shape index (κ1) is 10.6. The average molecular weight is 170 g/mol. The molecule has 0 N–H and O–H groups in total. The summed E-state index contributed by atoms with van der Waals surface area (Å²) in [5.41, 5.74) is 0.519. The SMILES string of the molecule is C/C=C\[C@H](CC=O)[Si](C)(C)C. The Balaban J connectivity index is 4.20. The predicted molar refractivity (Wildman–Crippen MR) is 52.6 cm³/mol. The molecular formula is C9H18OSi. The molecule has 0 saturated heterocycles. The monoisotopic (exact) mass is 170 g/mol. The Kier molecular flexibility index (Phi) is 4.34. The molecule has 1 nitrogen and oxygen atoms in total. The highest BCUT2D eigenvalue weighted by Crippen LogP contribution is 2.25. The van der Waals surface area contributed by atoms with Crippen LogP contribution in [0.2, 0.25) is 25.2 Å². The maximum Gasteiger partial charge on any atom is 0.120 e. The van der Waals surface area contributed by atoms with E-state index in [0.717, 1.165) is 6.29 Å². The number of carbonyl (C=O) groups excluding carboxylic acids is 1. The fraction of sp³-hybridized carbons (Fsp3) is 0.667. The summed E-state index contributed by atoms with van der Waals surface area (Å²) in [6.45, 7) is 8.89. The second kappa shape index (κ2) is 4.49. The van der Waals surface area contributed by atoms with Crippen LogP contribution in [-0.2, 0) is 4.79 Å². The summed E-state index contributed by atoms with van der Waals surface area (Å²) in [6.07, 6.45) is 5.94. The Labute approximate surface area is 70.5 Å². The van der Waals surface area contributed by atoms with Crippen molar-refractivity contribution >= 4 is 14.4 Å². The maximum absolute atomic E-state index is 10.3. The molecule has 0 fully saturated rings. The zero-order chi connectivity index (χ0) is 8.91. The summed E-state index contributed by atoms with van der Waals surface area (Å²) < 4.78 is 0. The standard InChI is InChI=1S/C9H18OSi/c1-5-6-9(7-8-10)11(2,3)4/h5-6,8-9H,7H2,1-4H3/b6-5-/t9-/m1/s1. The zero-order valence-electron chi connectivity index (χ0n) is 7.92. The van der Waals surface area contributed by atoms with Gasteiger partial charge in [-0.2, -0.15) is 0 Å². The summed E-state index contributed by atoms with van der Waals surface area (Å²) in [5.74, 6) is 0. The lowest BCUT2D eigenvalue weighted by atomic mass is 10.3. The largest absolute Gasteiger partial charge is 0.303 e. The molecule has 0 heterocycles. The predicted octanol–water partition coefficient (Wildman–Crippen LogP) is 2.86. The molecule has 0 bridgehead atoms. The van der Waals surface area contributed by atoms with Gasteiger partial charge in [-0.05, 0) is 12.5 Å². The topological polar surface area (TPSA) is 17.1 Å². The van der Waals surface area contributed by atoms with Crippen molar-refractivity contribution in [3.05, 3.63) is 12.2 Å². The lowest BCUT2D eigenvalue weighted by Gasteiger charge is -2.23. The highest BCUT2D eigenvalue weighted by Gasteiger charge is 2.23. The minimum Gasteiger partial charge on any atom is -0.303 e. The van der Waals surface area contributed by atoms with Crippen molar-refractivity contribution in [1.82, 2.24) is 0 Å². The van der Waals surface area contributed by atoms with Crippen LogP contribution in [0.3, 0.4) is 0 Å². The van der Waals surface area contributed by atoms with Crippen LogP contribution in [0.15, 0.2) is 12.2 Å². The van der Waals surface area contributed by atoms with Crippen molar-refractivity contribution in [3.63, 3.8) is 0 Å². The van der Waals surface area contributed by atoms with Gasteiger partial charge in [-0.3, -0.25) is 0 Å². The van der Waals surface area contributed by atoms with Crippen molar-refractivity contribution < 1.29 is 4.79 Å². The van der Waals surface area contributed by atoms with Crippen LogP contribution in [-0.4, -0.2) is 14.4 Å². The quantitative estimate of drug-likeness (QED) is 0.360. The van der Waals surface area contributed by atoms with Gasteiger partial charge in [-0.1, -0.05) is 31.8 Å². The third-order valence-electron chi connectivity index (χ3n) is 1.89. The van der Waals surface area contributed by atoms with E-state index in [9.17, 15) is 4.79 Å². The van der Waals surface area contributed by atoms with E-state index >= 15 is 0 Å². The van der Waals surface area contributed by atoms with Gasteiger partial charge in [0.2, 0.25) is 0 Å². The highest BCUT2D eigenvalue weighted by molar-refractivity contribution is 6.78. The summed E-state index contributed by atoms with van der Waals surface area (Å²) in [7, 11) is -1.15. The summed E-state index contributed by atoms with van der Waals surface area (Å²) in [6, 6.07) is 0. The lowest BCUT2D eigenvalue weighted by molar-refractivity contribution is -0.107. The Morgan fingerprint density at radius 2 is 1.91 bits per heavy atom. The first-order chi connectivity index (χ1) is 5.02. The fourth-order valence-electron chi connectivity index (χ4n) is 1.06. The molecule has 0 aliphatic heterocycles. The molecule has 2 heteroatoms. The molecular weight excluding hydrogens is 152 g/mol. The fourth-order valence-corrected chi connectivity index (χ4v) is 2.63. The molecule has 0 aromatic rings. The van der Waals surface area contributed by atoms with Crippen LogP contribution in [0.25, 0.3) is 0 Å². The molecule has 0 amide bonds. The Morgan fingerprint density at radius 3 is 2.18 bits per heavy atom. The van der Waals surface area contributed by atoms with Gasteiger partial charge >= 0.3 is 0 Å². The van der Waals surface area contributed by atoms with E-state index in [1.807, 2.05) is 13.0 Å². The molecule has 0 saturated carbocycles. The van der Waals surface area contributed by atoms with E-state index in [0.29, 0.717) is 12.0 Å². The van der Waals surface area contributed by atoms with Crippen LogP contribution in [0.5, 0.6) is 0 Å². The van der Waals surface area contributed by atoms with E-state index in [1.54, 1.807) is 0 Å². The average Bonchev–Trinajstić information content (AvgIpc) is 1.85. The second-order valence-corrected chi connectivity index (χ2v) is 9.37. The Hall–Kier alpha value is -0.373. The minimum atomic E-state index is -1.15. The normalized spacial score (nSPS) is 15.3. The van der Waals surface area contributed by atoms with Gasteiger partial charge in [0.15, 0.2) is 0 Å². The van der Waals surface area contributed by atoms with Crippen LogP contribution in [0, 0.1) is 0 Å². The lowest BCUT2D eigenvalue weighted by Crippen LogP contribution is -2.27. The van der Waals surface area contributed by atoms with Crippen LogP contribution in [0.1, 0.15) is 13.3 Å². The van der Waals surface area contributed by atoms with Crippen molar-refractivity contribution in [3.8, 4) is 0 Å². The van der Waals surface area contributed by atoms with Gasteiger partial charge < -0.3 is 4.79 Å². The molecule has 64 valence electrons. The molecule has 0 aliphatic rings. The molecule has 0 rings (SSSR count). The van der Waals surface area contributed by atoms with E-state index in [-0.39, 0.29) is 0 Å². The molecule has 0 spiro atoms. The van der Waals surface area contributed by atoms with Crippen LogP contribution < -0.4 is 0 Å². The number of hydrogen-bond acceptors (Lipinski definition) is 1. The smallest absolute Gasteiger partial charge is 0.120 e. The number of aldehydes is 1. The molecule has 1 atom stereocenters. The summed E-state index contributed by atoms with van der Waals surface area (Å²) in [5, 5.41) is 0. The zero-order valence-corrected chi connectivity index (χ0v) is 8.92. The molecule has 11 heavy (non-hydrogen) atoms. The van der Waals surface area contributed by atoms with Gasteiger partial charge in [-0.15, -0.1) is 0 Å². The maximum atomic E-state index is 10.3. The third kappa shape index (κ3) is 4.14. The van der Waals surface area contributed by atoms with E-state index in [1.165, 1.54) is 0 Å². The van der Waals surface area contributed by atoms with E-state index in [2.05, 4.69) is 25.7 Å². The number of rotatable bonds is 4.